The first-order valence-corrected chi connectivity index (χ1v) is 6.11. The summed E-state index contributed by atoms with van der Waals surface area (Å²) in [6, 6.07) is 1.82. The first kappa shape index (κ1) is 14.3. The van der Waals surface area contributed by atoms with Crippen LogP contribution < -0.4 is 16.2 Å². The molecule has 0 radical (unpaired) electrons. The van der Waals surface area contributed by atoms with Gasteiger partial charge in [0, 0.05) is 22.7 Å². The Morgan fingerprint density at radius 2 is 1.94 bits per heavy atom. The predicted molar refractivity (Wildman–Crippen MR) is 72.7 cm³/mol. The lowest BCUT2D eigenvalue weighted by Crippen LogP contribution is -2.24. The van der Waals surface area contributed by atoms with E-state index in [9.17, 15) is 0 Å². The molecular formula is C13H21ClN2O. The minimum Gasteiger partial charge on any atom is -0.496 e. The molecule has 1 aromatic rings. The molecule has 0 spiro atoms. The first-order chi connectivity index (χ1) is 7.88. The lowest BCUT2D eigenvalue weighted by Gasteiger charge is -2.21. The molecule has 0 saturated carbocycles. The van der Waals surface area contributed by atoms with Crippen LogP contribution in [0.25, 0.3) is 0 Å². The van der Waals surface area contributed by atoms with Crippen molar-refractivity contribution in [1.29, 1.82) is 0 Å². The van der Waals surface area contributed by atoms with Crippen LogP contribution in [0.4, 0.5) is 0 Å². The lowest BCUT2D eigenvalue weighted by molar-refractivity contribution is 0.401. The largest absolute Gasteiger partial charge is 0.496 e. The van der Waals surface area contributed by atoms with Gasteiger partial charge >= 0.3 is 0 Å². The van der Waals surface area contributed by atoms with Gasteiger partial charge in [-0.2, -0.15) is 0 Å². The van der Waals surface area contributed by atoms with Crippen LogP contribution in [0.5, 0.6) is 5.75 Å². The Bertz CT molecular complexity index is 405. The van der Waals surface area contributed by atoms with Gasteiger partial charge in [0.25, 0.3) is 0 Å². The quantitative estimate of drug-likeness (QED) is 0.871. The highest BCUT2D eigenvalue weighted by molar-refractivity contribution is 6.32. The minimum absolute atomic E-state index is 0.0502. The summed E-state index contributed by atoms with van der Waals surface area (Å²) in [4.78, 5) is 0. The average Bonchev–Trinajstić information content (AvgIpc) is 2.23. The zero-order chi connectivity index (χ0) is 13.2. The normalized spacial score (nSPS) is 14.5. The van der Waals surface area contributed by atoms with Gasteiger partial charge in [-0.05, 0) is 44.4 Å². The molecular weight excluding hydrogens is 236 g/mol. The van der Waals surface area contributed by atoms with Gasteiger partial charge in [-0.3, -0.25) is 0 Å². The molecule has 17 heavy (non-hydrogen) atoms. The number of methoxy groups -OCH3 is 1. The number of ether oxygens (including phenoxy) is 1. The standard InChI is InChI=1S/C13H21ClN2O/c1-7-5-11(17-4)12(9(3)13(7)14)10(16)6-8(2)15/h5,8,10H,6,15-16H2,1-4H3. The summed E-state index contributed by atoms with van der Waals surface area (Å²) in [5.41, 5.74) is 14.9. The van der Waals surface area contributed by atoms with Crippen LogP contribution in [-0.4, -0.2) is 13.2 Å². The Morgan fingerprint density at radius 3 is 2.41 bits per heavy atom. The fourth-order valence-corrected chi connectivity index (χ4v) is 2.24. The summed E-state index contributed by atoms with van der Waals surface area (Å²) >= 11 is 6.25. The predicted octanol–water partition coefficient (Wildman–Crippen LogP) is 2.70. The van der Waals surface area contributed by atoms with Crippen LogP contribution in [0.1, 0.15) is 36.1 Å². The molecule has 2 unspecified atom stereocenters. The number of hydrogen-bond acceptors (Lipinski definition) is 3. The molecule has 4 N–H and O–H groups in total. The van der Waals surface area contributed by atoms with Gasteiger partial charge in [0.05, 0.1) is 7.11 Å². The third-order valence-corrected chi connectivity index (χ3v) is 3.49. The Labute approximate surface area is 108 Å². The van der Waals surface area contributed by atoms with E-state index in [2.05, 4.69) is 0 Å². The van der Waals surface area contributed by atoms with Gasteiger partial charge < -0.3 is 16.2 Å². The molecule has 0 bridgehead atoms. The zero-order valence-corrected chi connectivity index (χ0v) is 11.6. The van der Waals surface area contributed by atoms with Crippen molar-refractivity contribution in [1.82, 2.24) is 0 Å². The second kappa shape index (κ2) is 5.71. The maximum atomic E-state index is 6.25. The number of halogens is 1. The Balaban J connectivity index is 3.25. The van der Waals surface area contributed by atoms with Crippen molar-refractivity contribution in [3.05, 3.63) is 27.8 Å². The summed E-state index contributed by atoms with van der Waals surface area (Å²) in [6.45, 7) is 5.87. The van der Waals surface area contributed by atoms with Gasteiger partial charge in [-0.1, -0.05) is 11.6 Å². The number of nitrogens with two attached hydrogens (primary N) is 2. The van der Waals surface area contributed by atoms with Crippen molar-refractivity contribution in [2.45, 2.75) is 39.3 Å². The molecule has 1 aromatic carbocycles. The van der Waals surface area contributed by atoms with Crippen molar-refractivity contribution < 1.29 is 4.74 Å². The molecule has 3 nitrogen and oxygen atoms in total. The van der Waals surface area contributed by atoms with E-state index in [4.69, 9.17) is 27.8 Å². The van der Waals surface area contributed by atoms with E-state index >= 15 is 0 Å². The summed E-state index contributed by atoms with van der Waals surface area (Å²) in [6.07, 6.45) is 0.705. The van der Waals surface area contributed by atoms with Crippen LogP contribution in [0.2, 0.25) is 5.02 Å². The van der Waals surface area contributed by atoms with E-state index in [1.807, 2.05) is 26.8 Å². The Hall–Kier alpha value is -0.770. The third-order valence-electron chi connectivity index (χ3n) is 2.91. The highest BCUT2D eigenvalue weighted by atomic mass is 35.5. The zero-order valence-electron chi connectivity index (χ0n) is 10.9. The third kappa shape index (κ3) is 3.12. The maximum absolute atomic E-state index is 6.25. The highest BCUT2D eigenvalue weighted by Crippen LogP contribution is 2.35. The number of hydrogen-bond donors (Lipinski definition) is 2. The molecule has 0 fully saturated rings. The molecule has 2 atom stereocenters. The fourth-order valence-electron chi connectivity index (χ4n) is 2.08. The smallest absolute Gasteiger partial charge is 0.124 e. The fraction of sp³-hybridized carbons (Fsp3) is 0.538. The molecule has 0 aliphatic carbocycles. The van der Waals surface area contributed by atoms with Crippen LogP contribution in [0, 0.1) is 13.8 Å². The Kier molecular flexibility index (Phi) is 4.80. The summed E-state index contributed by atoms with van der Waals surface area (Å²) < 4.78 is 5.39. The topological polar surface area (TPSA) is 61.3 Å². The highest BCUT2D eigenvalue weighted by Gasteiger charge is 2.19. The van der Waals surface area contributed by atoms with Crippen LogP contribution in [-0.2, 0) is 0 Å². The number of rotatable bonds is 4. The second-order valence-electron chi connectivity index (χ2n) is 4.57. The monoisotopic (exact) mass is 256 g/mol. The van der Waals surface area contributed by atoms with Gasteiger partial charge in [0.1, 0.15) is 5.75 Å². The molecule has 0 amide bonds. The lowest BCUT2D eigenvalue weighted by atomic mass is 9.94. The molecule has 0 saturated heterocycles. The van der Waals surface area contributed by atoms with Crippen LogP contribution >= 0.6 is 11.6 Å². The van der Waals surface area contributed by atoms with Crippen LogP contribution in [0.3, 0.4) is 0 Å². The van der Waals surface area contributed by atoms with Gasteiger partial charge in [0.15, 0.2) is 0 Å². The number of aryl methyl sites for hydroxylation is 1. The van der Waals surface area contributed by atoms with E-state index in [0.717, 1.165) is 27.5 Å². The van der Waals surface area contributed by atoms with E-state index < -0.39 is 0 Å². The molecule has 0 aliphatic heterocycles. The van der Waals surface area contributed by atoms with Crippen molar-refractivity contribution in [2.75, 3.05) is 7.11 Å². The Morgan fingerprint density at radius 1 is 1.35 bits per heavy atom. The van der Waals surface area contributed by atoms with Gasteiger partial charge in [0.2, 0.25) is 0 Å². The van der Waals surface area contributed by atoms with E-state index in [0.29, 0.717) is 6.42 Å². The average molecular weight is 257 g/mol. The first-order valence-electron chi connectivity index (χ1n) is 5.73. The van der Waals surface area contributed by atoms with Crippen molar-refractivity contribution in [3.63, 3.8) is 0 Å². The van der Waals surface area contributed by atoms with E-state index in [-0.39, 0.29) is 12.1 Å². The summed E-state index contributed by atoms with van der Waals surface area (Å²) in [5, 5.41) is 0.751. The molecule has 0 heterocycles. The van der Waals surface area contributed by atoms with Crippen molar-refractivity contribution in [3.8, 4) is 5.75 Å². The minimum atomic E-state index is -0.150. The molecule has 4 heteroatoms. The molecule has 1 rings (SSSR count). The van der Waals surface area contributed by atoms with Crippen molar-refractivity contribution >= 4 is 11.6 Å². The molecule has 96 valence electrons. The SMILES string of the molecule is COc1cc(C)c(Cl)c(C)c1C(N)CC(C)N. The van der Waals surface area contributed by atoms with Gasteiger partial charge in [-0.15, -0.1) is 0 Å². The van der Waals surface area contributed by atoms with E-state index in [1.165, 1.54) is 0 Å². The molecule has 0 aromatic heterocycles. The second-order valence-corrected chi connectivity index (χ2v) is 4.95. The summed E-state index contributed by atoms with van der Waals surface area (Å²) in [5.74, 6) is 0.789. The van der Waals surface area contributed by atoms with Crippen molar-refractivity contribution in [2.24, 2.45) is 11.5 Å². The summed E-state index contributed by atoms with van der Waals surface area (Å²) in [7, 11) is 1.64. The molecule has 0 aliphatic rings. The van der Waals surface area contributed by atoms with Crippen LogP contribution in [0.15, 0.2) is 6.07 Å². The number of benzene rings is 1. The van der Waals surface area contributed by atoms with E-state index in [1.54, 1.807) is 7.11 Å². The maximum Gasteiger partial charge on any atom is 0.124 e. The van der Waals surface area contributed by atoms with Gasteiger partial charge in [-0.25, -0.2) is 0 Å².